The van der Waals surface area contributed by atoms with E-state index in [2.05, 4.69) is 9.97 Å². The molecule has 0 bridgehead atoms. The summed E-state index contributed by atoms with van der Waals surface area (Å²) in [6, 6.07) is -0.997. The summed E-state index contributed by atoms with van der Waals surface area (Å²) in [6.07, 6.45) is 1.53. The van der Waals surface area contributed by atoms with Crippen molar-refractivity contribution < 1.29 is 14.7 Å². The molecule has 0 saturated carbocycles. The maximum atomic E-state index is 11.5. The lowest BCUT2D eigenvalue weighted by atomic mass is 10.2. The van der Waals surface area contributed by atoms with Crippen LogP contribution in [-0.4, -0.2) is 52.0 Å². The summed E-state index contributed by atoms with van der Waals surface area (Å²) >= 11 is 0. The summed E-state index contributed by atoms with van der Waals surface area (Å²) in [5, 5.41) is 8.61. The number of rotatable bonds is 4. The van der Waals surface area contributed by atoms with Crippen LogP contribution in [0.2, 0.25) is 0 Å². The summed E-state index contributed by atoms with van der Waals surface area (Å²) in [7, 11) is 3.21. The Morgan fingerprint density at radius 3 is 2.75 bits per heavy atom. The smallest absolute Gasteiger partial charge is 0.320 e. The molecule has 7 nitrogen and oxygen atoms in total. The first-order chi connectivity index (χ1) is 7.41. The second-order valence-electron chi connectivity index (χ2n) is 3.61. The summed E-state index contributed by atoms with van der Waals surface area (Å²) < 4.78 is 0. The number of aliphatic carboxylic acids is 1. The van der Waals surface area contributed by atoms with E-state index in [4.69, 9.17) is 10.8 Å². The van der Waals surface area contributed by atoms with Gasteiger partial charge in [0.05, 0.1) is 0 Å². The number of imidazole rings is 1. The zero-order valence-corrected chi connectivity index (χ0v) is 9.10. The number of aromatic nitrogens is 2. The van der Waals surface area contributed by atoms with Gasteiger partial charge in [-0.15, -0.1) is 0 Å². The molecule has 1 amide bonds. The molecule has 16 heavy (non-hydrogen) atoms. The number of amides is 1. The van der Waals surface area contributed by atoms with Crippen molar-refractivity contribution in [2.24, 2.45) is 5.73 Å². The molecule has 88 valence electrons. The zero-order valence-electron chi connectivity index (χ0n) is 9.10. The number of aromatic amines is 1. The normalized spacial score (nSPS) is 12.2. The van der Waals surface area contributed by atoms with Crippen LogP contribution in [0.15, 0.2) is 6.20 Å². The second-order valence-corrected chi connectivity index (χ2v) is 3.61. The third-order valence-electron chi connectivity index (χ3n) is 1.99. The predicted octanol–water partition coefficient (Wildman–Crippen LogP) is -0.934. The van der Waals surface area contributed by atoms with E-state index in [1.165, 1.54) is 11.1 Å². The summed E-state index contributed by atoms with van der Waals surface area (Å²) in [5.41, 5.74) is 5.88. The number of carbonyl (C=O) groups excluding carboxylic acids is 1. The van der Waals surface area contributed by atoms with E-state index in [-0.39, 0.29) is 18.2 Å². The van der Waals surface area contributed by atoms with Gasteiger partial charge in [-0.1, -0.05) is 0 Å². The van der Waals surface area contributed by atoms with Gasteiger partial charge in [0.1, 0.15) is 6.04 Å². The van der Waals surface area contributed by atoms with E-state index in [1.54, 1.807) is 14.1 Å². The minimum Gasteiger partial charge on any atom is -0.480 e. The fraction of sp³-hybridized carbons (Fsp3) is 0.444. The molecule has 4 N–H and O–H groups in total. The largest absolute Gasteiger partial charge is 0.480 e. The molecule has 1 atom stereocenters. The Morgan fingerprint density at radius 1 is 1.62 bits per heavy atom. The van der Waals surface area contributed by atoms with E-state index in [1.807, 2.05) is 0 Å². The van der Waals surface area contributed by atoms with E-state index in [9.17, 15) is 9.59 Å². The maximum Gasteiger partial charge on any atom is 0.320 e. The van der Waals surface area contributed by atoms with Crippen LogP contribution in [0, 0.1) is 0 Å². The fourth-order valence-corrected chi connectivity index (χ4v) is 1.11. The van der Waals surface area contributed by atoms with Crippen LogP contribution in [0.3, 0.4) is 0 Å². The number of carboxylic acids is 1. The molecule has 1 aromatic rings. The topological polar surface area (TPSA) is 112 Å². The number of hydrogen-bond acceptors (Lipinski definition) is 4. The average Bonchev–Trinajstić information content (AvgIpc) is 2.64. The highest BCUT2D eigenvalue weighted by molar-refractivity contribution is 5.90. The molecule has 0 aromatic carbocycles. The van der Waals surface area contributed by atoms with Gasteiger partial charge in [0, 0.05) is 32.4 Å². The third-order valence-corrected chi connectivity index (χ3v) is 1.99. The Balaban J connectivity index is 2.72. The van der Waals surface area contributed by atoms with Gasteiger partial charge in [0.2, 0.25) is 0 Å². The van der Waals surface area contributed by atoms with Crippen molar-refractivity contribution in [2.45, 2.75) is 12.5 Å². The molecule has 1 heterocycles. The molecule has 0 spiro atoms. The van der Waals surface area contributed by atoms with Crippen molar-refractivity contribution in [1.82, 2.24) is 14.9 Å². The van der Waals surface area contributed by atoms with Crippen LogP contribution in [0.5, 0.6) is 0 Å². The quantitative estimate of drug-likeness (QED) is 0.613. The SMILES string of the molecule is CN(C)C(=O)c1ncc(C[C@H](N)C(=O)O)[nH]1. The lowest BCUT2D eigenvalue weighted by Crippen LogP contribution is -2.32. The van der Waals surface area contributed by atoms with Crippen molar-refractivity contribution in [3.05, 3.63) is 17.7 Å². The lowest BCUT2D eigenvalue weighted by Gasteiger charge is -2.07. The molecule has 7 heteroatoms. The molecule has 0 aliphatic heterocycles. The molecule has 0 unspecified atom stereocenters. The minimum absolute atomic E-state index is 0.114. The van der Waals surface area contributed by atoms with Crippen molar-refractivity contribution in [3.8, 4) is 0 Å². The number of H-pyrrole nitrogens is 1. The molecule has 1 aromatic heterocycles. The number of nitrogens with two attached hydrogens (primary N) is 1. The molecular formula is C9H14N4O3. The first-order valence-corrected chi connectivity index (χ1v) is 4.65. The highest BCUT2D eigenvalue weighted by Gasteiger charge is 2.16. The Hall–Kier alpha value is -1.89. The fourth-order valence-electron chi connectivity index (χ4n) is 1.11. The van der Waals surface area contributed by atoms with Gasteiger partial charge in [-0.3, -0.25) is 9.59 Å². The maximum absolute atomic E-state index is 11.5. The van der Waals surface area contributed by atoms with Gasteiger partial charge in [-0.2, -0.15) is 0 Å². The molecular weight excluding hydrogens is 212 g/mol. The standard InChI is InChI=1S/C9H14N4O3/c1-13(2)8(14)7-11-4-5(12-7)3-6(10)9(15)16/h4,6H,3,10H2,1-2H3,(H,11,12)(H,15,16)/t6-/m0/s1. The van der Waals surface area contributed by atoms with Gasteiger partial charge >= 0.3 is 5.97 Å². The molecule has 0 fully saturated rings. The van der Waals surface area contributed by atoms with Gasteiger partial charge in [-0.25, -0.2) is 4.98 Å². The van der Waals surface area contributed by atoms with Crippen molar-refractivity contribution in [1.29, 1.82) is 0 Å². The summed E-state index contributed by atoms with van der Waals surface area (Å²) in [5.74, 6) is -1.18. The highest BCUT2D eigenvalue weighted by Crippen LogP contribution is 2.02. The summed E-state index contributed by atoms with van der Waals surface area (Å²) in [4.78, 5) is 29.9. The van der Waals surface area contributed by atoms with E-state index >= 15 is 0 Å². The van der Waals surface area contributed by atoms with Crippen LogP contribution < -0.4 is 5.73 Å². The van der Waals surface area contributed by atoms with E-state index in [0.717, 1.165) is 0 Å². The average molecular weight is 226 g/mol. The van der Waals surface area contributed by atoms with Gasteiger partial charge in [0.25, 0.3) is 5.91 Å². The van der Waals surface area contributed by atoms with E-state index < -0.39 is 12.0 Å². The molecule has 0 saturated heterocycles. The Labute approximate surface area is 92.3 Å². The Bertz CT molecular complexity index is 399. The van der Waals surface area contributed by atoms with Gasteiger partial charge in [0.15, 0.2) is 5.82 Å². The van der Waals surface area contributed by atoms with E-state index in [0.29, 0.717) is 5.69 Å². The van der Waals surface area contributed by atoms with Crippen molar-refractivity contribution in [2.75, 3.05) is 14.1 Å². The Morgan fingerprint density at radius 2 is 2.25 bits per heavy atom. The number of carbonyl (C=O) groups is 2. The second kappa shape index (κ2) is 4.75. The number of carboxylic acid groups (broad SMARTS) is 1. The first-order valence-electron chi connectivity index (χ1n) is 4.65. The number of nitrogens with zero attached hydrogens (tertiary/aromatic N) is 2. The van der Waals surface area contributed by atoms with Crippen LogP contribution in [-0.2, 0) is 11.2 Å². The minimum atomic E-state index is -1.09. The predicted molar refractivity (Wildman–Crippen MR) is 55.9 cm³/mol. The monoisotopic (exact) mass is 226 g/mol. The number of nitrogens with one attached hydrogen (secondary N) is 1. The van der Waals surface area contributed by atoms with Crippen molar-refractivity contribution in [3.63, 3.8) is 0 Å². The highest BCUT2D eigenvalue weighted by atomic mass is 16.4. The van der Waals surface area contributed by atoms with Crippen LogP contribution in [0.1, 0.15) is 16.3 Å². The molecule has 1 rings (SSSR count). The van der Waals surface area contributed by atoms with Gasteiger partial charge in [-0.05, 0) is 0 Å². The molecule has 0 aliphatic carbocycles. The zero-order chi connectivity index (χ0) is 12.3. The lowest BCUT2D eigenvalue weighted by molar-refractivity contribution is -0.138. The first kappa shape index (κ1) is 12.2. The molecule has 0 aliphatic rings. The number of hydrogen-bond donors (Lipinski definition) is 3. The molecule has 0 radical (unpaired) electrons. The summed E-state index contributed by atoms with van der Waals surface area (Å²) in [6.45, 7) is 0. The third kappa shape index (κ3) is 2.80. The van der Waals surface area contributed by atoms with Crippen LogP contribution in [0.4, 0.5) is 0 Å². The van der Waals surface area contributed by atoms with Gasteiger partial charge < -0.3 is 20.7 Å². The van der Waals surface area contributed by atoms with Crippen LogP contribution in [0.25, 0.3) is 0 Å². The van der Waals surface area contributed by atoms with Crippen molar-refractivity contribution >= 4 is 11.9 Å². The Kier molecular flexibility index (Phi) is 3.62. The van der Waals surface area contributed by atoms with Crippen LogP contribution >= 0.6 is 0 Å².